The second-order valence-corrected chi connectivity index (χ2v) is 11.0. The van der Waals surface area contributed by atoms with E-state index in [1.165, 1.54) is 11.4 Å². The molecule has 0 aliphatic carbocycles. The van der Waals surface area contributed by atoms with Gasteiger partial charge in [0.05, 0.1) is 12.3 Å². The lowest BCUT2D eigenvalue weighted by molar-refractivity contribution is 0.320. The molecule has 8 heteroatoms. The molecule has 0 spiro atoms. The Bertz CT molecular complexity index is 627. The smallest absolute Gasteiger partial charge is 0.306 e. The van der Waals surface area contributed by atoms with Crippen molar-refractivity contribution in [2.75, 3.05) is 24.7 Å². The summed E-state index contributed by atoms with van der Waals surface area (Å²) in [4.78, 5) is 4.72. The SMILES string of the molecule is CCCSP(=O)(OCC)N1CCSC1=Nc1ccc(Cl)cc1C. The van der Waals surface area contributed by atoms with Crippen molar-refractivity contribution in [2.24, 2.45) is 4.99 Å². The van der Waals surface area contributed by atoms with E-state index in [0.29, 0.717) is 18.2 Å². The molecule has 2 rings (SSSR count). The first-order chi connectivity index (χ1) is 11.0. The van der Waals surface area contributed by atoms with E-state index < -0.39 is 6.72 Å². The highest BCUT2D eigenvalue weighted by Crippen LogP contribution is 2.64. The Labute approximate surface area is 151 Å². The number of halogens is 1. The van der Waals surface area contributed by atoms with Gasteiger partial charge in [-0.05, 0) is 55.4 Å². The van der Waals surface area contributed by atoms with E-state index in [1.807, 2.05) is 36.7 Å². The molecular formula is C15H22ClN2O2PS2. The molecule has 1 heterocycles. The number of hydrogen-bond donors (Lipinski definition) is 0. The minimum absolute atomic E-state index is 0.433. The Morgan fingerprint density at radius 1 is 1.48 bits per heavy atom. The van der Waals surface area contributed by atoms with Gasteiger partial charge in [-0.1, -0.05) is 30.3 Å². The van der Waals surface area contributed by atoms with E-state index in [2.05, 4.69) is 6.92 Å². The summed E-state index contributed by atoms with van der Waals surface area (Å²) in [5.74, 6) is 1.68. The van der Waals surface area contributed by atoms with Gasteiger partial charge < -0.3 is 4.52 Å². The summed E-state index contributed by atoms with van der Waals surface area (Å²) in [6.07, 6.45) is 0.964. The number of benzene rings is 1. The maximum Gasteiger partial charge on any atom is 0.355 e. The van der Waals surface area contributed by atoms with Gasteiger partial charge in [-0.2, -0.15) is 0 Å². The van der Waals surface area contributed by atoms with Crippen molar-refractivity contribution in [2.45, 2.75) is 27.2 Å². The minimum atomic E-state index is -2.93. The molecule has 1 fully saturated rings. The Kier molecular flexibility index (Phi) is 7.36. The van der Waals surface area contributed by atoms with Crippen molar-refractivity contribution in [3.8, 4) is 0 Å². The lowest BCUT2D eigenvalue weighted by Gasteiger charge is -2.27. The van der Waals surface area contributed by atoms with Crippen LogP contribution in [0.25, 0.3) is 0 Å². The number of thioether (sulfide) groups is 1. The Morgan fingerprint density at radius 2 is 2.26 bits per heavy atom. The molecule has 0 N–H and O–H groups in total. The summed E-state index contributed by atoms with van der Waals surface area (Å²) in [7, 11) is 0. The van der Waals surface area contributed by atoms with Crippen molar-refractivity contribution in [1.82, 2.24) is 4.67 Å². The Morgan fingerprint density at radius 3 is 2.91 bits per heavy atom. The van der Waals surface area contributed by atoms with Gasteiger partial charge in [-0.15, -0.1) is 0 Å². The zero-order valence-corrected chi connectivity index (χ0v) is 16.9. The van der Waals surface area contributed by atoms with Gasteiger partial charge >= 0.3 is 6.72 Å². The Hall–Kier alpha value is -0.130. The van der Waals surface area contributed by atoms with Crippen LogP contribution in [0.1, 0.15) is 25.8 Å². The highest BCUT2D eigenvalue weighted by molar-refractivity contribution is 8.56. The highest BCUT2D eigenvalue weighted by atomic mass is 35.5. The number of aliphatic imine (C=N–C) groups is 1. The van der Waals surface area contributed by atoms with Gasteiger partial charge in [0.2, 0.25) is 0 Å². The molecule has 23 heavy (non-hydrogen) atoms. The number of rotatable bonds is 7. The van der Waals surface area contributed by atoms with Crippen LogP contribution in [0.2, 0.25) is 5.02 Å². The predicted octanol–water partition coefficient (Wildman–Crippen LogP) is 5.97. The van der Waals surface area contributed by atoms with E-state index in [-0.39, 0.29) is 0 Å². The average molecular weight is 393 g/mol. The van der Waals surface area contributed by atoms with Gasteiger partial charge in [0.25, 0.3) is 0 Å². The molecule has 0 radical (unpaired) electrons. The molecule has 1 saturated heterocycles. The molecule has 1 aromatic rings. The normalized spacial score (nSPS) is 19.3. The summed E-state index contributed by atoms with van der Waals surface area (Å²) >= 11 is 9.03. The monoisotopic (exact) mass is 392 g/mol. The van der Waals surface area contributed by atoms with Crippen molar-refractivity contribution in [1.29, 1.82) is 0 Å². The van der Waals surface area contributed by atoms with Crippen molar-refractivity contribution in [3.05, 3.63) is 28.8 Å². The van der Waals surface area contributed by atoms with Crippen LogP contribution in [0.3, 0.4) is 0 Å². The minimum Gasteiger partial charge on any atom is -0.306 e. The molecule has 1 aliphatic heterocycles. The van der Waals surface area contributed by atoms with Crippen LogP contribution in [-0.2, 0) is 9.09 Å². The average Bonchev–Trinajstić information content (AvgIpc) is 2.97. The molecule has 0 amide bonds. The second-order valence-electron chi connectivity index (χ2n) is 5.02. The van der Waals surface area contributed by atoms with Crippen LogP contribution < -0.4 is 0 Å². The first-order valence-corrected chi connectivity index (χ1v) is 12.2. The van der Waals surface area contributed by atoms with Crippen LogP contribution in [0.15, 0.2) is 23.2 Å². The van der Waals surface area contributed by atoms with Crippen LogP contribution in [0, 0.1) is 6.92 Å². The third-order valence-corrected chi connectivity index (χ3v) is 9.42. The summed E-state index contributed by atoms with van der Waals surface area (Å²) in [6.45, 7) is 4.13. The van der Waals surface area contributed by atoms with Crippen molar-refractivity contribution >= 4 is 52.3 Å². The van der Waals surface area contributed by atoms with Gasteiger partial charge in [0, 0.05) is 23.1 Å². The van der Waals surface area contributed by atoms with Crippen LogP contribution in [0.5, 0.6) is 0 Å². The van der Waals surface area contributed by atoms with E-state index in [0.717, 1.165) is 34.3 Å². The fourth-order valence-electron chi connectivity index (χ4n) is 2.10. The third kappa shape index (κ3) is 4.93. The predicted molar refractivity (Wildman–Crippen MR) is 104 cm³/mol. The summed E-state index contributed by atoms with van der Waals surface area (Å²) in [5, 5.41) is 1.47. The van der Waals surface area contributed by atoms with Gasteiger partial charge in [0.15, 0.2) is 5.17 Å². The summed E-state index contributed by atoms with van der Waals surface area (Å²) in [6, 6.07) is 5.61. The van der Waals surface area contributed by atoms with E-state index >= 15 is 0 Å². The topological polar surface area (TPSA) is 41.9 Å². The number of amidine groups is 1. The first-order valence-electron chi connectivity index (χ1n) is 7.65. The highest BCUT2D eigenvalue weighted by Gasteiger charge is 2.38. The van der Waals surface area contributed by atoms with Crippen LogP contribution >= 0.6 is 41.5 Å². The molecule has 0 saturated carbocycles. The molecule has 128 valence electrons. The molecule has 0 aromatic heterocycles. The summed E-state index contributed by atoms with van der Waals surface area (Å²) in [5.41, 5.74) is 1.86. The van der Waals surface area contributed by atoms with Crippen LogP contribution in [-0.4, -0.2) is 34.5 Å². The number of hydrogen-bond acceptors (Lipinski definition) is 5. The fraction of sp³-hybridized carbons (Fsp3) is 0.533. The standard InChI is InChI=1S/C15H22ClN2O2PS2/c1-4-9-23-21(19,20-5-2)18-8-10-22-15(18)17-14-7-6-13(16)11-12(14)3/h6-7,11H,4-5,8-10H2,1-3H3. The maximum atomic E-state index is 13.3. The number of aryl methyl sites for hydroxylation is 1. The van der Waals surface area contributed by atoms with Gasteiger partial charge in [-0.25, -0.2) is 4.99 Å². The Balaban J connectivity index is 2.30. The molecule has 1 unspecified atom stereocenters. The largest absolute Gasteiger partial charge is 0.355 e. The molecule has 1 atom stereocenters. The fourth-order valence-corrected chi connectivity index (χ4v) is 8.34. The molecular weight excluding hydrogens is 371 g/mol. The van der Waals surface area contributed by atoms with Crippen molar-refractivity contribution < 1.29 is 9.09 Å². The van der Waals surface area contributed by atoms with E-state index in [4.69, 9.17) is 21.1 Å². The van der Waals surface area contributed by atoms with E-state index in [1.54, 1.807) is 11.8 Å². The quantitative estimate of drug-likeness (QED) is 0.534. The third-order valence-electron chi connectivity index (χ3n) is 3.18. The first kappa shape index (κ1) is 19.2. The second kappa shape index (κ2) is 8.82. The molecule has 1 aromatic carbocycles. The lowest BCUT2D eigenvalue weighted by atomic mass is 10.2. The molecule has 1 aliphatic rings. The van der Waals surface area contributed by atoms with Gasteiger partial charge in [0.1, 0.15) is 0 Å². The zero-order chi connectivity index (χ0) is 16.9. The zero-order valence-electron chi connectivity index (χ0n) is 13.6. The maximum absolute atomic E-state index is 13.3. The van der Waals surface area contributed by atoms with Crippen molar-refractivity contribution in [3.63, 3.8) is 0 Å². The van der Waals surface area contributed by atoms with Crippen LogP contribution in [0.4, 0.5) is 5.69 Å². The molecule has 0 bridgehead atoms. The lowest BCUT2D eigenvalue weighted by Crippen LogP contribution is -2.21. The van der Waals surface area contributed by atoms with E-state index in [9.17, 15) is 4.57 Å². The molecule has 4 nitrogen and oxygen atoms in total. The summed E-state index contributed by atoms with van der Waals surface area (Å²) < 4.78 is 20.8. The van der Waals surface area contributed by atoms with Gasteiger partial charge in [-0.3, -0.25) is 9.24 Å². The number of nitrogens with zero attached hydrogens (tertiary/aromatic N) is 2.